The van der Waals surface area contributed by atoms with Crippen LogP contribution in [-0.4, -0.2) is 27.5 Å². The van der Waals surface area contributed by atoms with Crippen LogP contribution in [0.3, 0.4) is 0 Å². The van der Waals surface area contributed by atoms with Crippen molar-refractivity contribution in [3.05, 3.63) is 76.1 Å². The minimum Gasteiger partial charge on any atom is -0.482 e. The molecular formula is C20H18N4O5. The molecule has 0 spiro atoms. The van der Waals surface area contributed by atoms with Crippen LogP contribution in [0.2, 0.25) is 0 Å². The highest BCUT2D eigenvalue weighted by molar-refractivity contribution is 5.74. The Bertz CT molecular complexity index is 1020. The summed E-state index contributed by atoms with van der Waals surface area (Å²) in [6.45, 7) is 3.42. The summed E-state index contributed by atoms with van der Waals surface area (Å²) in [5, 5.41) is 13.7. The molecule has 0 aliphatic rings. The largest absolute Gasteiger partial charge is 0.482 e. The molecule has 0 aliphatic heterocycles. The summed E-state index contributed by atoms with van der Waals surface area (Å²) in [7, 11) is 0. The van der Waals surface area contributed by atoms with E-state index in [2.05, 4.69) is 15.3 Å². The Hall–Kier alpha value is -4.01. The summed E-state index contributed by atoms with van der Waals surface area (Å²) in [6.07, 6.45) is 0. The number of benzene rings is 2. The van der Waals surface area contributed by atoms with Crippen LogP contribution in [0.5, 0.6) is 11.5 Å². The fraction of sp³-hybridized carbons (Fsp3) is 0.150. The number of hydrogen-bond donors (Lipinski definition) is 1. The molecule has 0 saturated heterocycles. The van der Waals surface area contributed by atoms with E-state index in [9.17, 15) is 14.9 Å². The molecule has 0 bridgehead atoms. The maximum Gasteiger partial charge on any atom is 0.349 e. The lowest BCUT2D eigenvalue weighted by Crippen LogP contribution is -2.17. The van der Waals surface area contributed by atoms with Crippen LogP contribution in [-0.2, 0) is 4.79 Å². The number of aromatic nitrogens is 2. The van der Waals surface area contributed by atoms with E-state index in [0.717, 1.165) is 11.4 Å². The van der Waals surface area contributed by atoms with E-state index in [1.54, 1.807) is 24.3 Å². The normalized spacial score (nSPS) is 10.3. The minimum atomic E-state index is -0.608. The highest BCUT2D eigenvalue weighted by Gasteiger charge is 2.09. The highest BCUT2D eigenvalue weighted by Crippen LogP contribution is 2.21. The van der Waals surface area contributed by atoms with Gasteiger partial charge in [-0.25, -0.2) is 14.8 Å². The molecular weight excluding hydrogens is 376 g/mol. The first-order valence-electron chi connectivity index (χ1n) is 8.66. The van der Waals surface area contributed by atoms with Crippen molar-refractivity contribution >= 4 is 23.3 Å². The number of nitrogens with zero attached hydrogens (tertiary/aromatic N) is 3. The predicted octanol–water partition coefficient (Wildman–Crippen LogP) is 3.73. The number of carbonyl (C=O) groups is 1. The van der Waals surface area contributed by atoms with Crippen molar-refractivity contribution < 1.29 is 19.2 Å². The minimum absolute atomic E-state index is 0.0583. The molecule has 0 amide bonds. The molecule has 0 radical (unpaired) electrons. The van der Waals surface area contributed by atoms with Gasteiger partial charge in [-0.05, 0) is 44.2 Å². The van der Waals surface area contributed by atoms with E-state index < -0.39 is 10.9 Å². The van der Waals surface area contributed by atoms with Crippen molar-refractivity contribution in [2.24, 2.45) is 0 Å². The number of non-ortho nitro benzene ring substituents is 1. The Balaban J connectivity index is 1.57. The van der Waals surface area contributed by atoms with E-state index in [-0.39, 0.29) is 12.3 Å². The van der Waals surface area contributed by atoms with Crippen molar-refractivity contribution in [2.75, 3.05) is 11.9 Å². The summed E-state index contributed by atoms with van der Waals surface area (Å²) in [4.78, 5) is 30.8. The summed E-state index contributed by atoms with van der Waals surface area (Å²) in [6, 6.07) is 14.1. The molecule has 0 aliphatic carbocycles. The van der Waals surface area contributed by atoms with Gasteiger partial charge in [0.1, 0.15) is 11.5 Å². The topological polar surface area (TPSA) is 116 Å². The lowest BCUT2D eigenvalue weighted by atomic mass is 10.3. The zero-order chi connectivity index (χ0) is 20.8. The van der Waals surface area contributed by atoms with E-state index in [4.69, 9.17) is 9.47 Å². The maximum absolute atomic E-state index is 12.0. The smallest absolute Gasteiger partial charge is 0.349 e. The van der Waals surface area contributed by atoms with Gasteiger partial charge in [-0.1, -0.05) is 6.07 Å². The molecule has 0 fully saturated rings. The van der Waals surface area contributed by atoms with Gasteiger partial charge >= 0.3 is 5.97 Å². The summed E-state index contributed by atoms with van der Waals surface area (Å²) in [5.41, 5.74) is 2.28. The number of esters is 1. The molecule has 3 aromatic rings. The molecule has 1 aromatic heterocycles. The Morgan fingerprint density at radius 3 is 2.38 bits per heavy atom. The monoisotopic (exact) mass is 394 g/mol. The predicted molar refractivity (Wildman–Crippen MR) is 105 cm³/mol. The van der Waals surface area contributed by atoms with Gasteiger partial charge in [0, 0.05) is 35.3 Å². The van der Waals surface area contributed by atoms with Crippen LogP contribution in [0.1, 0.15) is 11.4 Å². The van der Waals surface area contributed by atoms with Crippen LogP contribution < -0.4 is 14.8 Å². The molecule has 0 unspecified atom stereocenters. The van der Waals surface area contributed by atoms with Crippen LogP contribution in [0.4, 0.5) is 17.3 Å². The number of carbonyl (C=O) groups excluding carboxylic acids is 1. The second-order valence-corrected chi connectivity index (χ2v) is 6.14. The van der Waals surface area contributed by atoms with Crippen molar-refractivity contribution in [2.45, 2.75) is 13.8 Å². The lowest BCUT2D eigenvalue weighted by molar-refractivity contribution is -0.384. The quantitative estimate of drug-likeness (QED) is 0.279. The summed E-state index contributed by atoms with van der Waals surface area (Å²) < 4.78 is 10.6. The second kappa shape index (κ2) is 8.79. The number of hydrogen-bond acceptors (Lipinski definition) is 8. The second-order valence-electron chi connectivity index (χ2n) is 6.14. The lowest BCUT2D eigenvalue weighted by Gasteiger charge is -2.09. The van der Waals surface area contributed by atoms with Crippen LogP contribution in [0.25, 0.3) is 0 Å². The van der Waals surface area contributed by atoms with Crippen LogP contribution >= 0.6 is 0 Å². The van der Waals surface area contributed by atoms with Gasteiger partial charge in [0.2, 0.25) is 5.95 Å². The molecule has 0 saturated carbocycles. The molecule has 1 N–H and O–H groups in total. The first kappa shape index (κ1) is 19.7. The van der Waals surface area contributed by atoms with Gasteiger partial charge in [0.15, 0.2) is 6.61 Å². The Labute approximate surface area is 166 Å². The van der Waals surface area contributed by atoms with Gasteiger partial charge in [0.05, 0.1) is 4.92 Å². The number of ether oxygens (including phenoxy) is 2. The Morgan fingerprint density at radius 1 is 1.03 bits per heavy atom. The molecule has 0 atom stereocenters. The maximum atomic E-state index is 12.0. The number of aryl methyl sites for hydroxylation is 2. The van der Waals surface area contributed by atoms with Crippen molar-refractivity contribution in [3.8, 4) is 11.5 Å². The van der Waals surface area contributed by atoms with Crippen LogP contribution in [0, 0.1) is 24.0 Å². The van der Waals surface area contributed by atoms with Gasteiger partial charge in [-0.2, -0.15) is 0 Å². The fourth-order valence-electron chi connectivity index (χ4n) is 2.52. The number of nitro groups is 1. The number of anilines is 2. The van der Waals surface area contributed by atoms with E-state index in [1.807, 2.05) is 19.9 Å². The average molecular weight is 394 g/mol. The van der Waals surface area contributed by atoms with E-state index in [0.29, 0.717) is 23.1 Å². The third-order valence-electron chi connectivity index (χ3n) is 3.71. The average Bonchev–Trinajstić information content (AvgIpc) is 2.66. The molecule has 2 aromatic carbocycles. The van der Waals surface area contributed by atoms with Gasteiger partial charge in [-0.3, -0.25) is 10.1 Å². The molecule has 29 heavy (non-hydrogen) atoms. The first-order chi connectivity index (χ1) is 13.9. The highest BCUT2D eigenvalue weighted by atomic mass is 16.6. The summed E-state index contributed by atoms with van der Waals surface area (Å²) >= 11 is 0. The zero-order valence-electron chi connectivity index (χ0n) is 15.8. The summed E-state index contributed by atoms with van der Waals surface area (Å²) in [5.74, 6) is 0.502. The standard InChI is InChI=1S/C20H18N4O5/c1-13-10-14(2)22-20(21-13)23-15-4-3-5-18(11-15)29-19(25)12-28-17-8-6-16(7-9-17)24(26)27/h3-11H,12H2,1-2H3,(H,21,22,23). The number of nitrogens with one attached hydrogen (secondary N) is 1. The Kier molecular flexibility index (Phi) is 5.98. The number of nitro benzene ring substituents is 1. The van der Waals surface area contributed by atoms with E-state index in [1.165, 1.54) is 24.3 Å². The zero-order valence-corrected chi connectivity index (χ0v) is 15.8. The fourth-order valence-corrected chi connectivity index (χ4v) is 2.52. The van der Waals surface area contributed by atoms with Gasteiger partial charge < -0.3 is 14.8 Å². The van der Waals surface area contributed by atoms with Crippen molar-refractivity contribution in [1.29, 1.82) is 0 Å². The number of rotatable bonds is 7. The first-order valence-corrected chi connectivity index (χ1v) is 8.66. The van der Waals surface area contributed by atoms with Crippen LogP contribution in [0.15, 0.2) is 54.6 Å². The Morgan fingerprint density at radius 2 is 1.72 bits per heavy atom. The molecule has 9 nitrogen and oxygen atoms in total. The third kappa shape index (κ3) is 5.73. The SMILES string of the molecule is Cc1cc(C)nc(Nc2cccc(OC(=O)COc3ccc([N+](=O)[O-])cc3)c2)n1. The van der Waals surface area contributed by atoms with Crippen molar-refractivity contribution in [1.82, 2.24) is 9.97 Å². The van der Waals surface area contributed by atoms with E-state index >= 15 is 0 Å². The van der Waals surface area contributed by atoms with Crippen molar-refractivity contribution in [3.63, 3.8) is 0 Å². The van der Waals surface area contributed by atoms with Gasteiger partial charge in [0.25, 0.3) is 5.69 Å². The molecule has 9 heteroatoms. The van der Waals surface area contributed by atoms with Gasteiger partial charge in [-0.15, -0.1) is 0 Å². The molecule has 3 rings (SSSR count). The third-order valence-corrected chi connectivity index (χ3v) is 3.71. The molecule has 148 valence electrons. The molecule has 1 heterocycles.